The van der Waals surface area contributed by atoms with Gasteiger partial charge in [-0.05, 0) is 30.2 Å². The van der Waals surface area contributed by atoms with Gasteiger partial charge >= 0.3 is 0 Å². The van der Waals surface area contributed by atoms with E-state index in [1.807, 2.05) is 59.4 Å². The Kier molecular flexibility index (Phi) is 8.01. The van der Waals surface area contributed by atoms with Gasteiger partial charge in [-0.15, -0.1) is 0 Å². The molecule has 0 bridgehead atoms. The van der Waals surface area contributed by atoms with Crippen LogP contribution in [-0.2, 0) is 11.3 Å². The molecular formula is C28H25N5O2. The van der Waals surface area contributed by atoms with Crippen LogP contribution in [0.2, 0.25) is 0 Å². The molecule has 0 unspecified atom stereocenters. The summed E-state index contributed by atoms with van der Waals surface area (Å²) in [6, 6.07) is 25.5. The third-order valence-corrected chi connectivity index (χ3v) is 5.14. The first-order chi connectivity index (χ1) is 17.2. The van der Waals surface area contributed by atoms with Crippen molar-refractivity contribution in [1.82, 2.24) is 14.8 Å². The van der Waals surface area contributed by atoms with E-state index in [0.717, 1.165) is 22.4 Å². The number of anilines is 1. The molecule has 0 aliphatic carbocycles. The smallest absolute Gasteiger partial charge is 0.249 e. The second-order valence-corrected chi connectivity index (χ2v) is 7.77. The fourth-order valence-electron chi connectivity index (χ4n) is 3.49. The molecule has 0 spiro atoms. The number of amides is 1. The number of unbranched alkanes of at least 4 members (excludes halogenated alkanes) is 1. The number of aromatic nitrogens is 3. The molecule has 2 aromatic heterocycles. The van der Waals surface area contributed by atoms with Gasteiger partial charge < -0.3 is 10.1 Å². The van der Waals surface area contributed by atoms with Crippen molar-refractivity contribution in [3.05, 3.63) is 102 Å². The molecule has 4 aromatic rings. The Balaban J connectivity index is 1.51. The maximum absolute atomic E-state index is 12.7. The van der Waals surface area contributed by atoms with Gasteiger partial charge in [0, 0.05) is 36.0 Å². The number of nitrogens with zero attached hydrogens (tertiary/aromatic N) is 4. The molecule has 0 atom stereocenters. The first kappa shape index (κ1) is 23.5. The van der Waals surface area contributed by atoms with E-state index in [4.69, 9.17) is 15.1 Å². The first-order valence-corrected chi connectivity index (χ1v) is 11.3. The lowest BCUT2D eigenvalue weighted by molar-refractivity contribution is -0.111. The summed E-state index contributed by atoms with van der Waals surface area (Å²) in [4.78, 5) is 16.9. The van der Waals surface area contributed by atoms with Crippen LogP contribution >= 0.6 is 0 Å². The number of carbonyl (C=O) groups is 1. The van der Waals surface area contributed by atoms with Crippen LogP contribution in [0.4, 0.5) is 5.82 Å². The summed E-state index contributed by atoms with van der Waals surface area (Å²) in [6.07, 6.45) is 7.75. The van der Waals surface area contributed by atoms with E-state index < -0.39 is 0 Å². The van der Waals surface area contributed by atoms with Crippen LogP contribution < -0.4 is 10.1 Å². The molecule has 0 fully saturated rings. The standard InChI is InChI=1S/C28H25N5O2/c29-17-7-8-19-35-25-14-9-18-30-28(25)31-26(34)16-15-24-21-33(20-22-10-3-1-4-11-22)32-27(24)23-12-5-2-6-13-23/h1-6,9-16,18,21H,7-8,19-20H2,(H,30,31,34). The van der Waals surface area contributed by atoms with E-state index in [0.29, 0.717) is 37.6 Å². The average Bonchev–Trinajstić information content (AvgIpc) is 3.30. The molecule has 35 heavy (non-hydrogen) atoms. The Labute approximate surface area is 204 Å². The Morgan fingerprint density at radius 1 is 1.06 bits per heavy atom. The van der Waals surface area contributed by atoms with Gasteiger partial charge in [-0.3, -0.25) is 9.48 Å². The van der Waals surface area contributed by atoms with Crippen molar-refractivity contribution >= 4 is 17.8 Å². The van der Waals surface area contributed by atoms with E-state index in [-0.39, 0.29) is 5.91 Å². The average molecular weight is 464 g/mol. The van der Waals surface area contributed by atoms with Gasteiger partial charge in [0.2, 0.25) is 5.91 Å². The summed E-state index contributed by atoms with van der Waals surface area (Å²) >= 11 is 0. The minimum absolute atomic E-state index is 0.333. The van der Waals surface area contributed by atoms with Crippen molar-refractivity contribution in [1.29, 1.82) is 5.26 Å². The number of rotatable bonds is 10. The topological polar surface area (TPSA) is 92.8 Å². The molecular weight excluding hydrogens is 438 g/mol. The van der Waals surface area contributed by atoms with E-state index in [2.05, 4.69) is 28.5 Å². The predicted octanol–water partition coefficient (Wildman–Crippen LogP) is 5.33. The SMILES string of the molecule is N#CCCCOc1cccnc1NC(=O)C=Cc1cn(Cc2ccccc2)nc1-c1ccccc1. The number of hydrogen-bond acceptors (Lipinski definition) is 5. The van der Waals surface area contributed by atoms with Crippen LogP contribution in [0.5, 0.6) is 5.75 Å². The van der Waals surface area contributed by atoms with Gasteiger partial charge in [-0.25, -0.2) is 4.98 Å². The van der Waals surface area contributed by atoms with Crippen molar-refractivity contribution < 1.29 is 9.53 Å². The minimum Gasteiger partial charge on any atom is -0.490 e. The largest absolute Gasteiger partial charge is 0.490 e. The zero-order chi connectivity index (χ0) is 24.3. The second-order valence-electron chi connectivity index (χ2n) is 7.77. The number of pyridine rings is 1. The number of hydrogen-bond donors (Lipinski definition) is 1. The van der Waals surface area contributed by atoms with Gasteiger partial charge in [-0.1, -0.05) is 60.7 Å². The number of benzene rings is 2. The van der Waals surface area contributed by atoms with Gasteiger partial charge in [0.25, 0.3) is 0 Å². The van der Waals surface area contributed by atoms with E-state index >= 15 is 0 Å². The zero-order valence-corrected chi connectivity index (χ0v) is 19.2. The Bertz CT molecular complexity index is 1320. The highest BCUT2D eigenvalue weighted by molar-refractivity contribution is 6.02. The molecule has 7 heteroatoms. The van der Waals surface area contributed by atoms with Crippen LogP contribution in [0.25, 0.3) is 17.3 Å². The van der Waals surface area contributed by atoms with Crippen molar-refractivity contribution in [3.63, 3.8) is 0 Å². The number of nitriles is 1. The van der Waals surface area contributed by atoms with Crippen LogP contribution in [0.15, 0.2) is 91.3 Å². The Morgan fingerprint density at radius 3 is 2.60 bits per heavy atom. The van der Waals surface area contributed by atoms with Crippen molar-refractivity contribution in [2.45, 2.75) is 19.4 Å². The lowest BCUT2D eigenvalue weighted by Crippen LogP contribution is -2.11. The summed E-state index contributed by atoms with van der Waals surface area (Å²) in [5.74, 6) is 0.468. The maximum atomic E-state index is 12.7. The number of ether oxygens (including phenoxy) is 1. The van der Waals surface area contributed by atoms with E-state index in [1.165, 1.54) is 6.08 Å². The zero-order valence-electron chi connectivity index (χ0n) is 19.2. The van der Waals surface area contributed by atoms with Gasteiger partial charge in [0.15, 0.2) is 11.6 Å². The highest BCUT2D eigenvalue weighted by Crippen LogP contribution is 2.24. The summed E-state index contributed by atoms with van der Waals surface area (Å²) in [6.45, 7) is 1.00. The lowest BCUT2D eigenvalue weighted by atomic mass is 10.1. The van der Waals surface area contributed by atoms with Gasteiger partial charge in [-0.2, -0.15) is 10.4 Å². The lowest BCUT2D eigenvalue weighted by Gasteiger charge is -2.09. The minimum atomic E-state index is -0.333. The summed E-state index contributed by atoms with van der Waals surface area (Å²) in [5, 5.41) is 16.2. The Hall–Kier alpha value is -4.70. The van der Waals surface area contributed by atoms with E-state index in [9.17, 15) is 4.79 Å². The van der Waals surface area contributed by atoms with Crippen molar-refractivity contribution in [2.75, 3.05) is 11.9 Å². The molecule has 0 aliphatic rings. The fourth-order valence-corrected chi connectivity index (χ4v) is 3.49. The molecule has 0 saturated heterocycles. The molecule has 1 N–H and O–H groups in total. The molecule has 4 rings (SSSR count). The maximum Gasteiger partial charge on any atom is 0.249 e. The summed E-state index contributed by atoms with van der Waals surface area (Å²) in [7, 11) is 0. The first-order valence-electron chi connectivity index (χ1n) is 11.3. The van der Waals surface area contributed by atoms with Crippen LogP contribution in [0.3, 0.4) is 0 Å². The number of carbonyl (C=O) groups excluding carboxylic acids is 1. The quantitative estimate of drug-likeness (QED) is 0.254. The highest BCUT2D eigenvalue weighted by Gasteiger charge is 2.11. The molecule has 174 valence electrons. The second kappa shape index (κ2) is 12.0. The van der Waals surface area contributed by atoms with Crippen LogP contribution in [0.1, 0.15) is 24.0 Å². The normalized spacial score (nSPS) is 10.7. The third kappa shape index (κ3) is 6.65. The number of nitrogens with one attached hydrogen (secondary N) is 1. The van der Waals surface area contributed by atoms with Gasteiger partial charge in [0.05, 0.1) is 24.9 Å². The molecule has 0 aliphatic heterocycles. The van der Waals surface area contributed by atoms with Crippen LogP contribution in [-0.4, -0.2) is 27.3 Å². The molecule has 1 amide bonds. The molecule has 7 nitrogen and oxygen atoms in total. The molecule has 0 saturated carbocycles. The predicted molar refractivity (Wildman–Crippen MR) is 135 cm³/mol. The molecule has 2 heterocycles. The molecule has 0 radical (unpaired) electrons. The monoisotopic (exact) mass is 463 g/mol. The Morgan fingerprint density at radius 2 is 1.83 bits per heavy atom. The fraction of sp³-hybridized carbons (Fsp3) is 0.143. The van der Waals surface area contributed by atoms with Crippen molar-refractivity contribution in [3.8, 4) is 23.1 Å². The van der Waals surface area contributed by atoms with Crippen LogP contribution in [0, 0.1) is 11.3 Å². The molecule has 2 aromatic carbocycles. The summed E-state index contributed by atoms with van der Waals surface area (Å²) in [5.41, 5.74) is 3.73. The van der Waals surface area contributed by atoms with Gasteiger partial charge in [0.1, 0.15) is 0 Å². The highest BCUT2D eigenvalue weighted by atomic mass is 16.5. The third-order valence-electron chi connectivity index (χ3n) is 5.14. The van der Waals surface area contributed by atoms with E-state index in [1.54, 1.807) is 24.4 Å². The van der Waals surface area contributed by atoms with Crippen molar-refractivity contribution in [2.24, 2.45) is 0 Å². The summed E-state index contributed by atoms with van der Waals surface area (Å²) < 4.78 is 7.55.